The van der Waals surface area contributed by atoms with Gasteiger partial charge in [0.15, 0.2) is 0 Å². The van der Waals surface area contributed by atoms with Crippen molar-refractivity contribution < 1.29 is 8.42 Å². The molecule has 0 bridgehead atoms. The van der Waals surface area contributed by atoms with Crippen molar-refractivity contribution in [2.75, 3.05) is 37.3 Å². The normalized spacial score (nSPS) is 16.2. The van der Waals surface area contributed by atoms with E-state index in [9.17, 15) is 13.2 Å². The minimum Gasteiger partial charge on any atom is -0.366 e. The molecule has 1 aromatic heterocycles. The van der Waals surface area contributed by atoms with Crippen molar-refractivity contribution in [1.82, 2.24) is 14.1 Å². The molecule has 0 saturated carbocycles. The van der Waals surface area contributed by atoms with E-state index in [2.05, 4.69) is 5.10 Å². The molecule has 0 unspecified atom stereocenters. The van der Waals surface area contributed by atoms with Gasteiger partial charge in [-0.1, -0.05) is 41.9 Å². The lowest BCUT2D eigenvalue weighted by molar-refractivity contribution is 0.387. The highest BCUT2D eigenvalue weighted by Gasteiger charge is 2.25. The highest BCUT2D eigenvalue weighted by atomic mass is 35.5. The quantitative estimate of drug-likeness (QED) is 0.789. The molecule has 3 rings (SSSR count). The monoisotopic (exact) mass is 382 g/mol. The first-order valence-electron chi connectivity index (χ1n) is 7.86. The van der Waals surface area contributed by atoms with Crippen LogP contribution in [0.15, 0.2) is 41.3 Å². The second-order valence-corrected chi connectivity index (χ2v) is 8.30. The number of hydrogen-bond acceptors (Lipinski definition) is 5. The van der Waals surface area contributed by atoms with Crippen LogP contribution in [0.1, 0.15) is 5.56 Å². The van der Waals surface area contributed by atoms with Crippen LogP contribution >= 0.6 is 11.6 Å². The van der Waals surface area contributed by atoms with Crippen LogP contribution in [0.3, 0.4) is 0 Å². The first-order chi connectivity index (χ1) is 11.9. The molecule has 1 saturated heterocycles. The lowest BCUT2D eigenvalue weighted by Crippen LogP contribution is -2.48. The molecule has 2 aromatic rings. The smallest absolute Gasteiger partial charge is 0.287 e. The highest BCUT2D eigenvalue weighted by molar-refractivity contribution is 7.88. The molecule has 1 aromatic carbocycles. The first-order valence-corrected chi connectivity index (χ1v) is 10.1. The molecular weight excluding hydrogens is 364 g/mol. The van der Waals surface area contributed by atoms with Crippen LogP contribution in [0.4, 0.5) is 5.69 Å². The SMILES string of the molecule is CS(=O)(=O)N1CCN(c2cnn(Cc3ccccc3)c(=O)c2Cl)CC1. The number of sulfonamides is 1. The Morgan fingerprint density at radius 1 is 1.12 bits per heavy atom. The number of halogens is 1. The molecule has 0 radical (unpaired) electrons. The van der Waals surface area contributed by atoms with Crippen LogP contribution in [0.5, 0.6) is 0 Å². The molecule has 1 aliphatic rings. The Kier molecular flexibility index (Phi) is 5.12. The summed E-state index contributed by atoms with van der Waals surface area (Å²) in [6.45, 7) is 2.01. The van der Waals surface area contributed by atoms with Gasteiger partial charge in [-0.2, -0.15) is 9.40 Å². The molecule has 1 fully saturated rings. The second kappa shape index (κ2) is 7.15. The zero-order chi connectivity index (χ0) is 18.0. The maximum absolute atomic E-state index is 12.5. The third-order valence-corrected chi connectivity index (χ3v) is 5.85. The van der Waals surface area contributed by atoms with Gasteiger partial charge in [-0.3, -0.25) is 4.79 Å². The van der Waals surface area contributed by atoms with E-state index in [1.54, 1.807) is 6.20 Å². The van der Waals surface area contributed by atoms with Gasteiger partial charge in [0.05, 0.1) is 24.7 Å². The maximum Gasteiger partial charge on any atom is 0.287 e. The summed E-state index contributed by atoms with van der Waals surface area (Å²) in [5.41, 5.74) is 1.15. The third kappa shape index (κ3) is 4.02. The van der Waals surface area contributed by atoms with Crippen LogP contribution in [0.2, 0.25) is 5.02 Å². The van der Waals surface area contributed by atoms with E-state index in [0.717, 1.165) is 5.56 Å². The average Bonchev–Trinajstić information content (AvgIpc) is 2.59. The van der Waals surface area contributed by atoms with Gasteiger partial charge in [-0.05, 0) is 5.56 Å². The van der Waals surface area contributed by atoms with Crippen molar-refractivity contribution in [2.45, 2.75) is 6.54 Å². The van der Waals surface area contributed by atoms with E-state index in [1.165, 1.54) is 15.2 Å². The molecule has 1 aliphatic heterocycles. The zero-order valence-corrected chi connectivity index (χ0v) is 15.4. The van der Waals surface area contributed by atoms with Crippen LogP contribution in [0.25, 0.3) is 0 Å². The lowest BCUT2D eigenvalue weighted by Gasteiger charge is -2.34. The Balaban J connectivity index is 1.78. The van der Waals surface area contributed by atoms with E-state index < -0.39 is 10.0 Å². The van der Waals surface area contributed by atoms with E-state index in [1.807, 2.05) is 35.2 Å². The number of anilines is 1. The van der Waals surface area contributed by atoms with Crippen molar-refractivity contribution in [3.63, 3.8) is 0 Å². The molecule has 9 heteroatoms. The van der Waals surface area contributed by atoms with Gasteiger partial charge >= 0.3 is 0 Å². The summed E-state index contributed by atoms with van der Waals surface area (Å²) in [6.07, 6.45) is 2.77. The van der Waals surface area contributed by atoms with Crippen LogP contribution in [0, 0.1) is 0 Å². The van der Waals surface area contributed by atoms with Crippen LogP contribution in [-0.4, -0.2) is 54.9 Å². The van der Waals surface area contributed by atoms with Crippen molar-refractivity contribution >= 4 is 27.3 Å². The summed E-state index contributed by atoms with van der Waals surface area (Å²) in [4.78, 5) is 14.4. The van der Waals surface area contributed by atoms with Gasteiger partial charge in [-0.15, -0.1) is 0 Å². The van der Waals surface area contributed by atoms with Gasteiger partial charge < -0.3 is 4.90 Å². The Morgan fingerprint density at radius 2 is 1.76 bits per heavy atom. The van der Waals surface area contributed by atoms with E-state index in [4.69, 9.17) is 11.6 Å². The second-order valence-electron chi connectivity index (χ2n) is 5.94. The highest BCUT2D eigenvalue weighted by Crippen LogP contribution is 2.23. The van der Waals surface area contributed by atoms with Gasteiger partial charge in [0, 0.05) is 26.2 Å². The molecule has 134 valence electrons. The Hall–Kier alpha value is -1.90. The predicted molar refractivity (Wildman–Crippen MR) is 97.7 cm³/mol. The van der Waals surface area contributed by atoms with E-state index in [-0.39, 0.29) is 10.6 Å². The van der Waals surface area contributed by atoms with Gasteiger partial charge in [0.2, 0.25) is 10.0 Å². The number of benzene rings is 1. The lowest BCUT2D eigenvalue weighted by atomic mass is 10.2. The number of nitrogens with zero attached hydrogens (tertiary/aromatic N) is 4. The summed E-state index contributed by atoms with van der Waals surface area (Å²) < 4.78 is 25.9. The molecule has 0 spiro atoms. The Bertz CT molecular complexity index is 907. The van der Waals surface area contributed by atoms with Crippen molar-refractivity contribution in [1.29, 1.82) is 0 Å². The standard InChI is InChI=1S/C16H19ClN4O3S/c1-25(23,24)20-9-7-19(8-10-20)14-11-18-21(16(22)15(14)17)12-13-5-3-2-4-6-13/h2-6,11H,7-10,12H2,1H3. The Morgan fingerprint density at radius 3 is 2.36 bits per heavy atom. The summed E-state index contributed by atoms with van der Waals surface area (Å²) in [5, 5.41) is 4.33. The largest absolute Gasteiger partial charge is 0.366 e. The molecule has 0 aliphatic carbocycles. The van der Waals surface area contributed by atoms with Crippen molar-refractivity contribution in [3.8, 4) is 0 Å². The summed E-state index contributed by atoms with van der Waals surface area (Å²) in [5.74, 6) is 0. The number of rotatable bonds is 4. The minimum atomic E-state index is -3.20. The summed E-state index contributed by atoms with van der Waals surface area (Å²) >= 11 is 6.28. The Labute approximate surface area is 151 Å². The van der Waals surface area contributed by atoms with Gasteiger partial charge in [0.1, 0.15) is 5.02 Å². The molecular formula is C16H19ClN4O3S. The molecule has 0 amide bonds. The van der Waals surface area contributed by atoms with E-state index >= 15 is 0 Å². The molecule has 0 N–H and O–H groups in total. The summed E-state index contributed by atoms with van der Waals surface area (Å²) in [7, 11) is -3.20. The van der Waals surface area contributed by atoms with Crippen molar-refractivity contribution in [3.05, 3.63) is 57.5 Å². The third-order valence-electron chi connectivity index (χ3n) is 4.19. The fraction of sp³-hybridized carbons (Fsp3) is 0.375. The first kappa shape index (κ1) is 17.9. The van der Waals surface area contributed by atoms with Crippen LogP contribution < -0.4 is 10.5 Å². The molecule has 25 heavy (non-hydrogen) atoms. The topological polar surface area (TPSA) is 75.5 Å². The minimum absolute atomic E-state index is 0.110. The predicted octanol–water partition coefficient (Wildman–Crippen LogP) is 1.03. The molecule has 0 atom stereocenters. The van der Waals surface area contributed by atoms with Gasteiger partial charge in [-0.25, -0.2) is 13.1 Å². The van der Waals surface area contributed by atoms with Gasteiger partial charge in [0.25, 0.3) is 5.56 Å². The van der Waals surface area contributed by atoms with Crippen molar-refractivity contribution in [2.24, 2.45) is 0 Å². The fourth-order valence-corrected chi connectivity index (χ4v) is 3.90. The van der Waals surface area contributed by atoms with E-state index in [0.29, 0.717) is 38.4 Å². The summed E-state index contributed by atoms with van der Waals surface area (Å²) in [6, 6.07) is 9.54. The molecule has 2 heterocycles. The average molecular weight is 383 g/mol. The van der Waals surface area contributed by atoms with Crippen LogP contribution in [-0.2, 0) is 16.6 Å². The maximum atomic E-state index is 12.5. The zero-order valence-electron chi connectivity index (χ0n) is 13.8. The number of aromatic nitrogens is 2. The number of piperazine rings is 1. The number of hydrogen-bond donors (Lipinski definition) is 0. The fourth-order valence-electron chi connectivity index (χ4n) is 2.81. The molecule has 7 nitrogen and oxygen atoms in total.